The Labute approximate surface area is 111 Å². The van der Waals surface area contributed by atoms with E-state index in [9.17, 15) is 4.79 Å². The van der Waals surface area contributed by atoms with Crippen molar-refractivity contribution in [3.8, 4) is 0 Å². The molecule has 96 valence electrons. The summed E-state index contributed by atoms with van der Waals surface area (Å²) in [5.74, 6) is 0.151. The van der Waals surface area contributed by atoms with Crippen LogP contribution in [0.5, 0.6) is 0 Å². The maximum absolute atomic E-state index is 12.1. The third-order valence-corrected chi connectivity index (χ3v) is 4.61. The maximum atomic E-state index is 12.1. The molecule has 0 aromatic carbocycles. The van der Waals surface area contributed by atoms with E-state index in [0.717, 1.165) is 24.4 Å². The molecule has 1 N–H and O–H groups in total. The Morgan fingerprint density at radius 3 is 3.11 bits per heavy atom. The minimum absolute atomic E-state index is 0.151. The standard InChI is InChI=1S/C14H18N2OS/c17-14(6-5-13-2-1-9-18-13)16-8-7-11-3-4-12(10-16)15-11/h1-2,5-6,9,11-12,15H,3-4,7-8,10H2/b6-5+. The average Bonchev–Trinajstić information content (AvgIpc) is 2.96. The Morgan fingerprint density at radius 2 is 2.28 bits per heavy atom. The molecule has 18 heavy (non-hydrogen) atoms. The molecule has 3 heterocycles. The van der Waals surface area contributed by atoms with Crippen LogP contribution in [0, 0.1) is 0 Å². The molecule has 1 amide bonds. The fourth-order valence-electron chi connectivity index (χ4n) is 2.79. The number of fused-ring (bicyclic) bond motifs is 2. The van der Waals surface area contributed by atoms with Crippen molar-refractivity contribution in [3.63, 3.8) is 0 Å². The molecular weight excluding hydrogens is 244 g/mol. The number of nitrogens with one attached hydrogen (secondary N) is 1. The number of likely N-dealkylation sites (tertiary alicyclic amines) is 1. The molecule has 2 atom stereocenters. The van der Waals surface area contributed by atoms with Gasteiger partial charge in [-0.15, -0.1) is 11.3 Å². The van der Waals surface area contributed by atoms with E-state index in [4.69, 9.17) is 0 Å². The molecule has 0 spiro atoms. The Balaban J connectivity index is 1.62. The predicted molar refractivity (Wildman–Crippen MR) is 74.5 cm³/mol. The van der Waals surface area contributed by atoms with Gasteiger partial charge in [-0.2, -0.15) is 0 Å². The monoisotopic (exact) mass is 262 g/mol. The zero-order valence-corrected chi connectivity index (χ0v) is 11.2. The summed E-state index contributed by atoms with van der Waals surface area (Å²) in [6, 6.07) is 5.18. The highest BCUT2D eigenvalue weighted by molar-refractivity contribution is 7.10. The third kappa shape index (κ3) is 2.65. The van der Waals surface area contributed by atoms with Gasteiger partial charge in [-0.25, -0.2) is 0 Å². The number of carbonyl (C=O) groups excluding carboxylic acids is 1. The topological polar surface area (TPSA) is 32.3 Å². The summed E-state index contributed by atoms with van der Waals surface area (Å²) in [5.41, 5.74) is 0. The second-order valence-corrected chi connectivity index (χ2v) is 6.04. The number of carbonyl (C=O) groups is 1. The van der Waals surface area contributed by atoms with Crippen LogP contribution in [0.4, 0.5) is 0 Å². The van der Waals surface area contributed by atoms with E-state index in [-0.39, 0.29) is 5.91 Å². The fourth-order valence-corrected chi connectivity index (χ4v) is 3.41. The first-order valence-electron chi connectivity index (χ1n) is 6.58. The molecule has 2 saturated heterocycles. The second kappa shape index (κ2) is 5.24. The highest BCUT2D eigenvalue weighted by Crippen LogP contribution is 2.20. The van der Waals surface area contributed by atoms with Crippen LogP contribution >= 0.6 is 11.3 Å². The van der Waals surface area contributed by atoms with E-state index in [0.29, 0.717) is 12.1 Å². The van der Waals surface area contributed by atoms with E-state index in [1.54, 1.807) is 17.4 Å². The van der Waals surface area contributed by atoms with Gasteiger partial charge in [-0.1, -0.05) is 6.07 Å². The van der Waals surface area contributed by atoms with Crippen molar-refractivity contribution in [1.82, 2.24) is 10.2 Å². The predicted octanol–water partition coefficient (Wildman–Crippen LogP) is 2.11. The molecule has 1 aromatic rings. The lowest BCUT2D eigenvalue weighted by Gasteiger charge is -2.22. The van der Waals surface area contributed by atoms with Gasteiger partial charge in [0.1, 0.15) is 0 Å². The maximum Gasteiger partial charge on any atom is 0.246 e. The minimum Gasteiger partial charge on any atom is -0.338 e. The quantitative estimate of drug-likeness (QED) is 0.828. The Bertz CT molecular complexity index is 441. The molecule has 3 rings (SSSR count). The first-order valence-corrected chi connectivity index (χ1v) is 7.46. The van der Waals surface area contributed by atoms with E-state index in [1.165, 1.54) is 12.8 Å². The number of nitrogens with zero attached hydrogens (tertiary/aromatic N) is 1. The molecule has 2 unspecified atom stereocenters. The van der Waals surface area contributed by atoms with Crippen LogP contribution < -0.4 is 5.32 Å². The SMILES string of the molecule is O=C(/C=C/c1cccs1)N1CCC2CCC(C1)N2. The molecule has 2 bridgehead atoms. The van der Waals surface area contributed by atoms with Gasteiger partial charge in [0.25, 0.3) is 0 Å². The summed E-state index contributed by atoms with van der Waals surface area (Å²) < 4.78 is 0. The van der Waals surface area contributed by atoms with Crippen molar-refractivity contribution >= 4 is 23.3 Å². The summed E-state index contributed by atoms with van der Waals surface area (Å²) in [5, 5.41) is 5.62. The van der Waals surface area contributed by atoms with E-state index in [1.807, 2.05) is 28.5 Å². The van der Waals surface area contributed by atoms with Crippen molar-refractivity contribution in [3.05, 3.63) is 28.5 Å². The molecule has 0 saturated carbocycles. The number of hydrogen-bond acceptors (Lipinski definition) is 3. The van der Waals surface area contributed by atoms with Crippen molar-refractivity contribution in [1.29, 1.82) is 0 Å². The van der Waals surface area contributed by atoms with Crippen LogP contribution in [0.2, 0.25) is 0 Å². The van der Waals surface area contributed by atoms with Gasteiger partial charge in [0, 0.05) is 36.1 Å². The second-order valence-electron chi connectivity index (χ2n) is 5.06. The summed E-state index contributed by atoms with van der Waals surface area (Å²) >= 11 is 1.66. The number of thiophene rings is 1. The summed E-state index contributed by atoms with van der Waals surface area (Å²) in [4.78, 5) is 15.3. The molecule has 4 heteroatoms. The lowest BCUT2D eigenvalue weighted by Crippen LogP contribution is -2.38. The smallest absolute Gasteiger partial charge is 0.246 e. The lowest BCUT2D eigenvalue weighted by atomic mass is 10.1. The summed E-state index contributed by atoms with van der Waals surface area (Å²) in [6.45, 7) is 1.76. The third-order valence-electron chi connectivity index (χ3n) is 3.77. The van der Waals surface area contributed by atoms with Gasteiger partial charge < -0.3 is 10.2 Å². The molecule has 0 aliphatic carbocycles. The van der Waals surface area contributed by atoms with E-state index >= 15 is 0 Å². The van der Waals surface area contributed by atoms with Gasteiger partial charge in [0.2, 0.25) is 5.91 Å². The van der Waals surface area contributed by atoms with Crippen molar-refractivity contribution in [2.45, 2.75) is 31.3 Å². The summed E-state index contributed by atoms with van der Waals surface area (Å²) in [6.07, 6.45) is 7.21. The highest BCUT2D eigenvalue weighted by Gasteiger charge is 2.30. The number of hydrogen-bond donors (Lipinski definition) is 1. The molecule has 1 aromatic heterocycles. The molecular formula is C14H18N2OS. The highest BCUT2D eigenvalue weighted by atomic mass is 32.1. The number of amides is 1. The van der Waals surface area contributed by atoms with Crippen molar-refractivity contribution in [2.75, 3.05) is 13.1 Å². The van der Waals surface area contributed by atoms with Crippen LogP contribution in [-0.2, 0) is 4.79 Å². The zero-order chi connectivity index (χ0) is 12.4. The van der Waals surface area contributed by atoms with Gasteiger partial charge in [-0.3, -0.25) is 4.79 Å². The van der Waals surface area contributed by atoms with E-state index < -0.39 is 0 Å². The minimum atomic E-state index is 0.151. The Kier molecular flexibility index (Phi) is 3.48. The van der Waals surface area contributed by atoms with Gasteiger partial charge in [0.15, 0.2) is 0 Å². The lowest BCUT2D eigenvalue weighted by molar-refractivity contribution is -0.126. The molecule has 3 nitrogen and oxygen atoms in total. The van der Waals surface area contributed by atoms with Gasteiger partial charge >= 0.3 is 0 Å². The number of rotatable bonds is 2. The van der Waals surface area contributed by atoms with Gasteiger partial charge in [-0.05, 0) is 36.8 Å². The molecule has 2 aliphatic rings. The Hall–Kier alpha value is -1.13. The normalized spacial score (nSPS) is 27.7. The zero-order valence-electron chi connectivity index (χ0n) is 10.3. The van der Waals surface area contributed by atoms with Crippen LogP contribution in [-0.4, -0.2) is 36.0 Å². The van der Waals surface area contributed by atoms with Crippen molar-refractivity contribution < 1.29 is 4.79 Å². The molecule has 0 radical (unpaired) electrons. The first kappa shape index (κ1) is 11.9. The van der Waals surface area contributed by atoms with Crippen LogP contribution in [0.25, 0.3) is 6.08 Å². The largest absolute Gasteiger partial charge is 0.338 e. The molecule has 2 aliphatic heterocycles. The molecule has 2 fully saturated rings. The van der Waals surface area contributed by atoms with E-state index in [2.05, 4.69) is 5.32 Å². The first-order chi connectivity index (χ1) is 8.81. The summed E-state index contributed by atoms with van der Waals surface area (Å²) in [7, 11) is 0. The van der Waals surface area contributed by atoms with Crippen LogP contribution in [0.15, 0.2) is 23.6 Å². The average molecular weight is 262 g/mol. The van der Waals surface area contributed by atoms with Crippen LogP contribution in [0.1, 0.15) is 24.1 Å². The fraction of sp³-hybridized carbons (Fsp3) is 0.500. The van der Waals surface area contributed by atoms with Crippen LogP contribution in [0.3, 0.4) is 0 Å². The Morgan fingerprint density at radius 1 is 1.39 bits per heavy atom. The van der Waals surface area contributed by atoms with Crippen molar-refractivity contribution in [2.24, 2.45) is 0 Å². The van der Waals surface area contributed by atoms with Gasteiger partial charge in [0.05, 0.1) is 0 Å².